The molecule has 4 fully saturated rings. The van der Waals surface area contributed by atoms with Gasteiger partial charge in [-0.05, 0) is 151 Å². The molecular formula is C86H62ClF5N12O16. The number of urea groups is 4. The van der Waals surface area contributed by atoms with Crippen LogP contribution in [0.2, 0.25) is 5.02 Å². The summed E-state index contributed by atoms with van der Waals surface area (Å²) in [5, 5.41) is 19.9. The fourth-order valence-electron chi connectivity index (χ4n) is 14.1. The van der Waals surface area contributed by atoms with Crippen molar-refractivity contribution in [3.63, 3.8) is 0 Å². The van der Waals surface area contributed by atoms with Gasteiger partial charge in [-0.3, -0.25) is 59.6 Å². The number of rotatable bonds is 11. The minimum atomic E-state index is -1.84. The average Bonchev–Trinajstić information content (AvgIpc) is 1.64. The number of hydrogen-bond acceptors (Lipinski definition) is 16. The van der Waals surface area contributed by atoms with E-state index in [9.17, 15) is 79.5 Å². The Bertz CT molecular complexity index is 6250. The molecule has 0 spiro atoms. The number of halogens is 6. The number of carbonyl (C=O) groups is 12. The first-order valence-corrected chi connectivity index (χ1v) is 36.5. The van der Waals surface area contributed by atoms with Crippen molar-refractivity contribution in [2.24, 2.45) is 0 Å². The Morgan fingerprint density at radius 1 is 0.392 bits per heavy atom. The summed E-state index contributed by atoms with van der Waals surface area (Å²) in [5.41, 5.74) is -0.564. The quantitative estimate of drug-likeness (QED) is 0.0352. The van der Waals surface area contributed by atoms with Crippen molar-refractivity contribution in [1.82, 2.24) is 62.1 Å². The lowest BCUT2D eigenvalue weighted by Gasteiger charge is -2.26. The Morgan fingerprint density at radius 3 is 1.18 bits per heavy atom. The summed E-state index contributed by atoms with van der Waals surface area (Å²) in [4.78, 5) is 154. The van der Waals surface area contributed by atoms with Crippen LogP contribution in [0.5, 0.6) is 17.2 Å². The molecule has 0 bridgehead atoms. The second-order valence-electron chi connectivity index (χ2n) is 28.1. The molecule has 16 amide bonds. The van der Waals surface area contributed by atoms with E-state index in [-0.39, 0.29) is 74.3 Å². The van der Waals surface area contributed by atoms with Gasteiger partial charge >= 0.3 is 24.1 Å². The number of aryl methyl sites for hydroxylation is 1. The summed E-state index contributed by atoms with van der Waals surface area (Å²) in [6, 6.07) is 35.7. The number of methoxy groups -OCH3 is 3. The highest BCUT2D eigenvalue weighted by Gasteiger charge is 2.53. The molecule has 28 nitrogen and oxygen atoms in total. The van der Waals surface area contributed by atoms with Gasteiger partial charge in [0.1, 0.15) is 57.7 Å². The highest BCUT2D eigenvalue weighted by Crippen LogP contribution is 2.34. The molecule has 1 aromatic heterocycles. The van der Waals surface area contributed by atoms with Gasteiger partial charge in [-0.2, -0.15) is 0 Å². The zero-order chi connectivity index (χ0) is 85.3. The smallest absolute Gasteiger partial charge is 0.323 e. The maximum atomic E-state index is 13.9. The first-order chi connectivity index (χ1) is 57.3. The van der Waals surface area contributed by atoms with Crippen molar-refractivity contribution in [3.05, 3.63) is 264 Å². The first kappa shape index (κ1) is 81.1. The van der Waals surface area contributed by atoms with Gasteiger partial charge in [0.15, 0.2) is 0 Å². The van der Waals surface area contributed by atoms with Gasteiger partial charge in [0.25, 0.3) is 47.3 Å². The molecule has 120 heavy (non-hydrogen) atoms. The van der Waals surface area contributed by atoms with Crippen molar-refractivity contribution in [1.29, 1.82) is 0 Å². The van der Waals surface area contributed by atoms with Crippen LogP contribution >= 0.6 is 11.6 Å². The second-order valence-corrected chi connectivity index (χ2v) is 28.6. The monoisotopic (exact) mass is 1650 g/mol. The molecule has 0 saturated carbocycles. The third kappa shape index (κ3) is 16.7. The van der Waals surface area contributed by atoms with Crippen LogP contribution in [0.4, 0.5) is 41.1 Å². The molecule has 4 atom stereocenters. The highest BCUT2D eigenvalue weighted by atomic mass is 35.5. The Labute approximate surface area is 682 Å². The summed E-state index contributed by atoms with van der Waals surface area (Å²) in [6.45, 7) is 1.91. The largest absolute Gasteiger partial charge is 0.497 e. The van der Waals surface area contributed by atoms with Gasteiger partial charge in [-0.15, -0.1) is 0 Å². The van der Waals surface area contributed by atoms with Crippen LogP contribution in [0.15, 0.2) is 162 Å². The van der Waals surface area contributed by atoms with E-state index in [2.05, 4.69) is 84.6 Å². The van der Waals surface area contributed by atoms with E-state index in [1.165, 1.54) is 83.4 Å². The molecular weight excluding hydrogens is 1590 g/mol. The van der Waals surface area contributed by atoms with Crippen molar-refractivity contribution >= 4 is 94.0 Å². The molecule has 8 aliphatic heterocycles. The zero-order valence-corrected chi connectivity index (χ0v) is 64.0. The molecule has 0 radical (unpaired) electrons. The summed E-state index contributed by atoms with van der Waals surface area (Å²) in [6.07, 6.45) is 0. The van der Waals surface area contributed by atoms with Crippen LogP contribution in [0.3, 0.4) is 0 Å². The van der Waals surface area contributed by atoms with Crippen molar-refractivity contribution < 1.29 is 98.1 Å². The minimum absolute atomic E-state index is 0.0829. The summed E-state index contributed by atoms with van der Waals surface area (Å²) in [7, 11) is 4.54. The number of ether oxygens (including phenoxy) is 3. The molecule has 9 aromatic rings. The lowest BCUT2D eigenvalue weighted by atomic mass is 9.99. The molecule has 17 rings (SSSR count). The number of imide groups is 4. The Morgan fingerprint density at radius 2 is 0.775 bits per heavy atom. The van der Waals surface area contributed by atoms with Crippen molar-refractivity contribution in [3.8, 4) is 64.6 Å². The van der Waals surface area contributed by atoms with Gasteiger partial charge in [0, 0.05) is 76.0 Å². The van der Waals surface area contributed by atoms with Crippen LogP contribution in [0.25, 0.3) is 11.0 Å². The molecule has 4 saturated heterocycles. The zero-order valence-electron chi connectivity index (χ0n) is 63.3. The van der Waals surface area contributed by atoms with Crippen LogP contribution in [-0.4, -0.2) is 161 Å². The van der Waals surface area contributed by atoms with E-state index < -0.39 is 111 Å². The van der Waals surface area contributed by atoms with E-state index in [0.29, 0.717) is 73.8 Å². The maximum Gasteiger partial charge on any atom is 0.323 e. The minimum Gasteiger partial charge on any atom is -0.497 e. The SMILES string of the molecule is COc1ccc2c(c1)C(=O)N(C[C@@]1(C#Cc3cc(Cl)ccc3OC)NC(=O)NC1=O)C2.COc1ccc2c(c1)C(=O)N(C[C@@]1(C#Cc3ccc4oc(C)cc4c3)NC(=O)NC1=O)C2.O=C1NC(=O)[C@](C#Cc2ccc(F)cc2F)(CN2Cc3ccc(F)cc3C2=O)N1.O=C1NC(=O)[C@](C#Cc2cccc(F)c2)(CN2Cc3ccc(F)cc3C2=O)N1. The summed E-state index contributed by atoms with van der Waals surface area (Å²) < 4.78 is 88.5. The third-order valence-corrected chi connectivity index (χ3v) is 20.2. The van der Waals surface area contributed by atoms with E-state index >= 15 is 0 Å². The number of amides is 16. The lowest BCUT2D eigenvalue weighted by molar-refractivity contribution is -0.123. The topological polar surface area (TPSA) is 355 Å². The van der Waals surface area contributed by atoms with Gasteiger partial charge < -0.3 is 59.5 Å². The molecule has 0 aliphatic carbocycles. The normalized spacial score (nSPS) is 19.8. The third-order valence-electron chi connectivity index (χ3n) is 20.0. The predicted molar refractivity (Wildman–Crippen MR) is 415 cm³/mol. The fourth-order valence-corrected chi connectivity index (χ4v) is 14.2. The number of nitrogens with zero attached hydrogens (tertiary/aromatic N) is 4. The first-order valence-electron chi connectivity index (χ1n) is 36.1. The summed E-state index contributed by atoms with van der Waals surface area (Å²) >= 11 is 6.05. The molecule has 8 N–H and O–H groups in total. The molecule has 34 heteroatoms. The summed E-state index contributed by atoms with van der Waals surface area (Å²) in [5.74, 6) is 16.7. The lowest BCUT2D eigenvalue weighted by Crippen LogP contribution is -2.54. The number of benzene rings is 8. The Balaban J connectivity index is 0.000000131. The standard InChI is InChI=1S/C24H19N3O5.C22H18ClN3O5.C20H12F3N3O3.C20H13F2N3O3/c1-14-9-17-10-15(3-6-20(17)32-14)7-8-24(22(29)25-23(30)26-24)13-27-12-16-4-5-18(31-2)11-19(16)21(27)28;1-30-16-5-3-14-11-26(19(27)17(14)10-16)12-22(20(28)24-21(29)25-22)8-7-13-9-15(23)4-6-18(13)31-2;21-13-4-2-12-9-26(17(27)15(12)7-13)10-20(18(28)24-19(29)25-20)6-5-11-1-3-14(22)8-16(11)23;21-14-3-1-2-12(8-14)6-7-20(18(27)23-19(28)24-20)11-25-10-13-4-5-15(22)9-16(13)17(25)26/h3-6,9-11H,12-13H2,1-2H3,(H2,25,26,29,30);3-6,9-10H,11-12H2,1-2H3,(H2,24,25,28,29);1-4,7-8H,9-10H2,(H2,24,25,28,29);1-5,8-9H,10-11H2,(H2,23,24,27,28)/t24-;22-;2*20-/m1100/s1. The fraction of sp³-hybridized carbons (Fsp3) is 0.186. The van der Waals surface area contributed by atoms with Gasteiger partial charge in [-0.1, -0.05) is 89.3 Å². The average molecular weight is 1650 g/mol. The molecule has 9 heterocycles. The number of carbonyl (C=O) groups excluding carboxylic acids is 12. The van der Waals surface area contributed by atoms with Crippen LogP contribution in [-0.2, 0) is 45.4 Å². The van der Waals surface area contributed by atoms with E-state index in [1.807, 2.05) is 30.4 Å². The van der Waals surface area contributed by atoms with Gasteiger partial charge in [0.2, 0.25) is 22.2 Å². The molecule has 8 aliphatic rings. The van der Waals surface area contributed by atoms with Crippen molar-refractivity contribution in [2.75, 3.05) is 47.5 Å². The molecule has 604 valence electrons. The highest BCUT2D eigenvalue weighted by molar-refractivity contribution is 6.30. The number of hydrogen-bond donors (Lipinski definition) is 8. The predicted octanol–water partition coefficient (Wildman–Crippen LogP) is 7.52. The maximum absolute atomic E-state index is 13.9. The number of fused-ring (bicyclic) bond motifs is 5. The van der Waals surface area contributed by atoms with Crippen LogP contribution in [0.1, 0.15) is 91.7 Å². The van der Waals surface area contributed by atoms with E-state index in [1.54, 1.807) is 66.7 Å². The van der Waals surface area contributed by atoms with E-state index in [0.717, 1.165) is 52.1 Å². The number of furan rings is 1. The Hall–Kier alpha value is -15.5. The molecule has 0 unspecified atom stereocenters. The second kappa shape index (κ2) is 32.7. The number of nitrogens with one attached hydrogen (secondary N) is 8. The van der Waals surface area contributed by atoms with Crippen LogP contribution in [0, 0.1) is 83.4 Å². The van der Waals surface area contributed by atoms with Gasteiger partial charge in [0.05, 0.1) is 58.6 Å². The van der Waals surface area contributed by atoms with Crippen LogP contribution < -0.4 is 56.7 Å². The van der Waals surface area contributed by atoms with Gasteiger partial charge in [-0.25, -0.2) is 41.1 Å². The Kier molecular flexibility index (Phi) is 22.1. The van der Waals surface area contributed by atoms with E-state index in [4.69, 9.17) is 30.2 Å². The molecule has 8 aromatic carbocycles. The van der Waals surface area contributed by atoms with Crippen molar-refractivity contribution in [2.45, 2.75) is 55.3 Å².